The van der Waals surface area contributed by atoms with Gasteiger partial charge in [-0.2, -0.15) is 5.10 Å². The van der Waals surface area contributed by atoms with Crippen molar-refractivity contribution in [3.05, 3.63) is 17.5 Å². The van der Waals surface area contributed by atoms with Gasteiger partial charge in [0, 0.05) is 31.0 Å². The van der Waals surface area contributed by atoms with Gasteiger partial charge in [-0.05, 0) is 26.3 Å². The third-order valence-electron chi connectivity index (χ3n) is 2.53. The van der Waals surface area contributed by atoms with E-state index in [1.54, 1.807) is 0 Å². The number of unbranched alkanes of at least 4 members (excludes halogenated alkanes) is 1. The molecule has 0 spiro atoms. The first-order valence-electron chi connectivity index (χ1n) is 6.12. The van der Waals surface area contributed by atoms with Crippen LogP contribution >= 0.6 is 0 Å². The van der Waals surface area contributed by atoms with E-state index in [9.17, 15) is 0 Å². The average molecular weight is 225 g/mol. The summed E-state index contributed by atoms with van der Waals surface area (Å²) in [6, 6.07) is 0. The van der Waals surface area contributed by atoms with Crippen LogP contribution in [0.5, 0.6) is 0 Å². The van der Waals surface area contributed by atoms with E-state index < -0.39 is 0 Å². The van der Waals surface area contributed by atoms with Gasteiger partial charge in [-0.15, -0.1) is 0 Å². The van der Waals surface area contributed by atoms with Crippen molar-refractivity contribution >= 4 is 0 Å². The van der Waals surface area contributed by atoms with Crippen LogP contribution in [0, 0.1) is 6.92 Å². The molecule has 4 heteroatoms. The Morgan fingerprint density at radius 3 is 2.88 bits per heavy atom. The fourth-order valence-electron chi connectivity index (χ4n) is 1.42. The summed E-state index contributed by atoms with van der Waals surface area (Å²) >= 11 is 0. The van der Waals surface area contributed by atoms with Crippen LogP contribution in [0.25, 0.3) is 0 Å². The van der Waals surface area contributed by atoms with E-state index in [1.807, 2.05) is 13.1 Å². The zero-order chi connectivity index (χ0) is 11.6. The summed E-state index contributed by atoms with van der Waals surface area (Å²) in [5, 5.41) is 10.3. The highest BCUT2D eigenvalue weighted by Crippen LogP contribution is 2.00. The van der Waals surface area contributed by atoms with Gasteiger partial charge in [-0.1, -0.05) is 13.3 Å². The number of hydrogen-bond acceptors (Lipinski definition) is 3. The molecule has 0 aliphatic carbocycles. The van der Waals surface area contributed by atoms with E-state index >= 15 is 0 Å². The molecular weight excluding hydrogens is 202 g/mol. The van der Waals surface area contributed by atoms with Gasteiger partial charge in [0.05, 0.1) is 6.20 Å². The molecule has 0 radical (unpaired) electrons. The quantitative estimate of drug-likeness (QED) is 0.632. The Balaban J connectivity index is 1.91. The summed E-state index contributed by atoms with van der Waals surface area (Å²) in [4.78, 5) is 0. The van der Waals surface area contributed by atoms with Crippen molar-refractivity contribution in [3.8, 4) is 0 Å². The molecule has 0 unspecified atom stereocenters. The largest absolute Gasteiger partial charge is 0.381 e. The topological polar surface area (TPSA) is 49.9 Å². The minimum Gasteiger partial charge on any atom is -0.381 e. The number of aromatic amines is 1. The van der Waals surface area contributed by atoms with E-state index in [0.717, 1.165) is 38.4 Å². The minimum absolute atomic E-state index is 0.859. The first kappa shape index (κ1) is 13.2. The highest BCUT2D eigenvalue weighted by Gasteiger charge is 1.98. The molecule has 1 heterocycles. The van der Waals surface area contributed by atoms with Crippen LogP contribution in [-0.4, -0.2) is 30.0 Å². The number of nitrogens with zero attached hydrogens (tertiary/aromatic N) is 1. The number of aryl methyl sites for hydroxylation is 1. The lowest BCUT2D eigenvalue weighted by Gasteiger charge is -2.05. The van der Waals surface area contributed by atoms with Crippen LogP contribution in [-0.2, 0) is 11.3 Å². The zero-order valence-corrected chi connectivity index (χ0v) is 10.4. The van der Waals surface area contributed by atoms with Crippen molar-refractivity contribution in [1.82, 2.24) is 15.5 Å². The Kier molecular flexibility index (Phi) is 6.85. The molecule has 0 saturated heterocycles. The lowest BCUT2D eigenvalue weighted by molar-refractivity contribution is 0.129. The standard InChI is InChI=1S/C12H23N3O/c1-3-4-7-16-8-5-6-13-9-12-10-14-15-11(12)2/h10,13H,3-9H2,1-2H3,(H,14,15). The summed E-state index contributed by atoms with van der Waals surface area (Å²) in [7, 11) is 0. The number of H-pyrrole nitrogens is 1. The van der Waals surface area contributed by atoms with E-state index in [1.165, 1.54) is 18.4 Å². The molecule has 1 aromatic heterocycles. The maximum atomic E-state index is 5.48. The van der Waals surface area contributed by atoms with Crippen LogP contribution in [0.4, 0.5) is 0 Å². The Labute approximate surface area is 97.8 Å². The Morgan fingerprint density at radius 2 is 2.19 bits per heavy atom. The van der Waals surface area contributed by atoms with Crippen LogP contribution in [0.15, 0.2) is 6.20 Å². The maximum absolute atomic E-state index is 5.48. The van der Waals surface area contributed by atoms with E-state index in [0.29, 0.717) is 0 Å². The second kappa shape index (κ2) is 8.30. The Hall–Kier alpha value is -0.870. The lowest BCUT2D eigenvalue weighted by Crippen LogP contribution is -2.16. The third kappa shape index (κ3) is 5.28. The van der Waals surface area contributed by atoms with Gasteiger partial charge in [0.15, 0.2) is 0 Å². The van der Waals surface area contributed by atoms with Gasteiger partial charge >= 0.3 is 0 Å². The Morgan fingerprint density at radius 1 is 1.38 bits per heavy atom. The second-order valence-corrected chi connectivity index (χ2v) is 4.02. The number of nitrogens with one attached hydrogen (secondary N) is 2. The van der Waals surface area contributed by atoms with Crippen LogP contribution < -0.4 is 5.32 Å². The average Bonchev–Trinajstić information content (AvgIpc) is 2.68. The van der Waals surface area contributed by atoms with Crippen LogP contribution in [0.1, 0.15) is 37.4 Å². The third-order valence-corrected chi connectivity index (χ3v) is 2.53. The normalized spacial score (nSPS) is 10.9. The van der Waals surface area contributed by atoms with Crippen molar-refractivity contribution in [2.24, 2.45) is 0 Å². The van der Waals surface area contributed by atoms with Gasteiger partial charge in [0.25, 0.3) is 0 Å². The fraction of sp³-hybridized carbons (Fsp3) is 0.750. The fourth-order valence-corrected chi connectivity index (χ4v) is 1.42. The van der Waals surface area contributed by atoms with E-state index in [-0.39, 0.29) is 0 Å². The molecular formula is C12H23N3O. The molecule has 1 aromatic rings. The van der Waals surface area contributed by atoms with Crippen molar-refractivity contribution in [2.75, 3.05) is 19.8 Å². The molecule has 0 aliphatic rings. The number of hydrogen-bond donors (Lipinski definition) is 2. The number of aromatic nitrogens is 2. The van der Waals surface area contributed by atoms with Crippen LogP contribution in [0.3, 0.4) is 0 Å². The number of ether oxygens (including phenoxy) is 1. The second-order valence-electron chi connectivity index (χ2n) is 4.02. The summed E-state index contributed by atoms with van der Waals surface area (Å²) < 4.78 is 5.48. The molecule has 92 valence electrons. The molecule has 0 amide bonds. The minimum atomic E-state index is 0.859. The summed E-state index contributed by atoms with van der Waals surface area (Å²) in [5.41, 5.74) is 2.39. The van der Waals surface area contributed by atoms with Gasteiger partial charge in [0.1, 0.15) is 0 Å². The first-order chi connectivity index (χ1) is 7.84. The Bertz CT molecular complexity index is 273. The zero-order valence-electron chi connectivity index (χ0n) is 10.4. The summed E-state index contributed by atoms with van der Waals surface area (Å²) in [6.07, 6.45) is 5.32. The molecule has 0 saturated carbocycles. The lowest BCUT2D eigenvalue weighted by atomic mass is 10.2. The molecule has 4 nitrogen and oxygen atoms in total. The van der Waals surface area contributed by atoms with E-state index in [4.69, 9.17) is 4.74 Å². The molecule has 0 bridgehead atoms. The van der Waals surface area contributed by atoms with E-state index in [2.05, 4.69) is 22.4 Å². The van der Waals surface area contributed by atoms with Gasteiger partial charge in [0.2, 0.25) is 0 Å². The predicted molar refractivity (Wildman–Crippen MR) is 65.4 cm³/mol. The molecule has 16 heavy (non-hydrogen) atoms. The first-order valence-corrected chi connectivity index (χ1v) is 6.12. The van der Waals surface area contributed by atoms with Gasteiger partial charge in [-0.25, -0.2) is 0 Å². The number of rotatable bonds is 9. The molecule has 0 atom stereocenters. The molecule has 1 rings (SSSR count). The van der Waals surface area contributed by atoms with Crippen molar-refractivity contribution in [3.63, 3.8) is 0 Å². The smallest absolute Gasteiger partial charge is 0.0535 e. The van der Waals surface area contributed by atoms with Crippen molar-refractivity contribution in [2.45, 2.75) is 39.7 Å². The van der Waals surface area contributed by atoms with Gasteiger partial charge < -0.3 is 10.1 Å². The highest BCUT2D eigenvalue weighted by atomic mass is 16.5. The van der Waals surface area contributed by atoms with Gasteiger partial charge in [-0.3, -0.25) is 5.10 Å². The summed E-state index contributed by atoms with van der Waals surface area (Å²) in [5.74, 6) is 0. The predicted octanol–water partition coefficient (Wildman–Crippen LogP) is 2.01. The molecule has 0 aliphatic heterocycles. The molecule has 0 fully saturated rings. The molecule has 0 aromatic carbocycles. The van der Waals surface area contributed by atoms with Crippen molar-refractivity contribution < 1.29 is 4.74 Å². The summed E-state index contributed by atoms with van der Waals surface area (Å²) in [6.45, 7) is 7.86. The maximum Gasteiger partial charge on any atom is 0.0535 e. The monoisotopic (exact) mass is 225 g/mol. The SMILES string of the molecule is CCCCOCCCNCc1cn[nH]c1C. The highest BCUT2D eigenvalue weighted by molar-refractivity contribution is 5.13. The van der Waals surface area contributed by atoms with Crippen LogP contribution in [0.2, 0.25) is 0 Å². The van der Waals surface area contributed by atoms with Crippen molar-refractivity contribution in [1.29, 1.82) is 0 Å². The molecule has 2 N–H and O–H groups in total.